The van der Waals surface area contributed by atoms with E-state index >= 15 is 0 Å². The van der Waals surface area contributed by atoms with E-state index in [1.807, 2.05) is 0 Å². The van der Waals surface area contributed by atoms with Gasteiger partial charge in [-0.25, -0.2) is 8.42 Å². The molecule has 1 heterocycles. The molecule has 2 N–H and O–H groups in total. The quantitative estimate of drug-likeness (QED) is 0.752. The van der Waals surface area contributed by atoms with E-state index < -0.39 is 32.7 Å². The van der Waals surface area contributed by atoms with Crippen molar-refractivity contribution >= 4 is 9.84 Å². The Kier molecular flexibility index (Phi) is 2.85. The van der Waals surface area contributed by atoms with Crippen molar-refractivity contribution in [3.8, 4) is 0 Å². The van der Waals surface area contributed by atoms with Gasteiger partial charge in [0.1, 0.15) is 6.04 Å². The van der Waals surface area contributed by atoms with Crippen LogP contribution in [0.15, 0.2) is 0 Å². The summed E-state index contributed by atoms with van der Waals surface area (Å²) >= 11 is 0. The maximum absolute atomic E-state index is 12.4. The van der Waals surface area contributed by atoms with Gasteiger partial charge in [-0.05, 0) is 20.3 Å². The number of alkyl halides is 3. The van der Waals surface area contributed by atoms with Crippen molar-refractivity contribution in [1.29, 1.82) is 0 Å². The molecule has 15 heavy (non-hydrogen) atoms. The number of hydrogen-bond donors (Lipinski definition) is 1. The molecule has 0 amide bonds. The summed E-state index contributed by atoms with van der Waals surface area (Å²) in [5.41, 5.74) is 5.06. The minimum absolute atomic E-state index is 0.0178. The predicted molar refractivity (Wildman–Crippen MR) is 50.0 cm³/mol. The Morgan fingerprint density at radius 2 is 1.87 bits per heavy atom. The van der Waals surface area contributed by atoms with Crippen LogP contribution in [-0.4, -0.2) is 31.1 Å². The highest BCUT2D eigenvalue weighted by molar-refractivity contribution is 7.93. The van der Waals surface area contributed by atoms with Gasteiger partial charge in [0.2, 0.25) is 0 Å². The molecule has 0 aromatic heterocycles. The van der Waals surface area contributed by atoms with Crippen LogP contribution >= 0.6 is 0 Å². The summed E-state index contributed by atoms with van der Waals surface area (Å²) in [7, 11) is -3.46. The normalized spacial score (nSPS) is 31.5. The Morgan fingerprint density at radius 1 is 1.40 bits per heavy atom. The smallest absolute Gasteiger partial charge is 0.320 e. The van der Waals surface area contributed by atoms with Crippen LogP contribution in [0.2, 0.25) is 0 Å². The summed E-state index contributed by atoms with van der Waals surface area (Å²) in [5.74, 6) is -1.27. The molecule has 0 aromatic rings. The second-order valence-corrected chi connectivity index (χ2v) is 7.07. The average molecular weight is 245 g/mol. The van der Waals surface area contributed by atoms with E-state index in [9.17, 15) is 21.6 Å². The second-order valence-electron chi connectivity index (χ2n) is 4.38. The molecule has 1 fully saturated rings. The highest BCUT2D eigenvalue weighted by Gasteiger charge is 2.56. The molecule has 0 aliphatic carbocycles. The van der Waals surface area contributed by atoms with E-state index in [2.05, 4.69) is 0 Å². The van der Waals surface area contributed by atoms with Gasteiger partial charge in [0.25, 0.3) is 0 Å². The van der Waals surface area contributed by atoms with Gasteiger partial charge in [-0.2, -0.15) is 13.2 Å². The lowest BCUT2D eigenvalue weighted by Crippen LogP contribution is -2.51. The minimum atomic E-state index is -4.54. The topological polar surface area (TPSA) is 60.2 Å². The van der Waals surface area contributed by atoms with Crippen LogP contribution in [0.5, 0.6) is 0 Å². The molecule has 0 bridgehead atoms. The fourth-order valence-corrected chi connectivity index (χ4v) is 3.78. The first-order valence-electron chi connectivity index (χ1n) is 4.55. The maximum atomic E-state index is 12.4. The van der Waals surface area contributed by atoms with Crippen molar-refractivity contribution in [1.82, 2.24) is 0 Å². The fraction of sp³-hybridized carbons (Fsp3) is 1.00. The van der Waals surface area contributed by atoms with Gasteiger partial charge in [0.05, 0.1) is 10.5 Å². The molecule has 2 unspecified atom stereocenters. The molecule has 90 valence electrons. The van der Waals surface area contributed by atoms with Crippen molar-refractivity contribution in [2.24, 2.45) is 11.7 Å². The summed E-state index contributed by atoms with van der Waals surface area (Å²) in [6.45, 7) is 2.62. The largest absolute Gasteiger partial charge is 0.403 e. The zero-order valence-corrected chi connectivity index (χ0v) is 9.32. The number of hydrogen-bond acceptors (Lipinski definition) is 3. The lowest BCUT2D eigenvalue weighted by molar-refractivity contribution is -0.160. The molecule has 0 radical (unpaired) electrons. The third-order valence-corrected chi connectivity index (χ3v) is 5.88. The Morgan fingerprint density at radius 3 is 2.13 bits per heavy atom. The summed E-state index contributed by atoms with van der Waals surface area (Å²) in [5, 5.41) is 0. The first-order chi connectivity index (χ1) is 6.50. The monoisotopic (exact) mass is 245 g/mol. The van der Waals surface area contributed by atoms with Crippen LogP contribution in [0.4, 0.5) is 13.2 Å². The number of halogens is 3. The average Bonchev–Trinajstić information content (AvgIpc) is 2.20. The van der Waals surface area contributed by atoms with Crippen LogP contribution in [-0.2, 0) is 9.84 Å². The third kappa shape index (κ3) is 1.99. The molecule has 3 nitrogen and oxygen atoms in total. The first kappa shape index (κ1) is 12.8. The van der Waals surface area contributed by atoms with Gasteiger partial charge in [-0.1, -0.05) is 0 Å². The van der Waals surface area contributed by atoms with Gasteiger partial charge in [0.15, 0.2) is 9.84 Å². The summed E-state index contributed by atoms with van der Waals surface area (Å²) in [6.07, 6.45) is -4.56. The van der Waals surface area contributed by atoms with Gasteiger partial charge >= 0.3 is 6.18 Å². The van der Waals surface area contributed by atoms with Crippen molar-refractivity contribution in [3.05, 3.63) is 0 Å². The van der Waals surface area contributed by atoms with Crippen LogP contribution in [0, 0.1) is 5.92 Å². The molecule has 1 aliphatic heterocycles. The number of nitrogens with two attached hydrogens (primary N) is 1. The van der Waals surface area contributed by atoms with Crippen molar-refractivity contribution < 1.29 is 21.6 Å². The van der Waals surface area contributed by atoms with Gasteiger partial charge in [0, 0.05) is 5.92 Å². The summed E-state index contributed by atoms with van der Waals surface area (Å²) < 4.78 is 58.7. The van der Waals surface area contributed by atoms with Crippen LogP contribution in [0.25, 0.3) is 0 Å². The van der Waals surface area contributed by atoms with E-state index in [1.54, 1.807) is 0 Å². The van der Waals surface area contributed by atoms with Gasteiger partial charge in [-0.3, -0.25) is 0 Å². The van der Waals surface area contributed by atoms with Gasteiger partial charge < -0.3 is 5.73 Å². The molecule has 0 spiro atoms. The van der Waals surface area contributed by atoms with E-state index in [1.165, 1.54) is 13.8 Å². The summed E-state index contributed by atoms with van der Waals surface area (Å²) in [4.78, 5) is 0. The van der Waals surface area contributed by atoms with Crippen molar-refractivity contribution in [3.63, 3.8) is 0 Å². The molecular formula is C8H14F3NO2S. The Labute approximate surface area is 86.7 Å². The minimum Gasteiger partial charge on any atom is -0.320 e. The third-order valence-electron chi connectivity index (χ3n) is 3.20. The highest BCUT2D eigenvalue weighted by atomic mass is 32.2. The first-order valence-corrected chi connectivity index (χ1v) is 6.20. The standard InChI is InChI=1S/C8H14F3NO2S/c1-7(2)5(3-4-15(7,13)14)6(12)8(9,10)11/h5-6H,3-4,12H2,1-2H3. The number of rotatable bonds is 1. The molecule has 0 saturated carbocycles. The Bertz CT molecular complexity index is 347. The lowest BCUT2D eigenvalue weighted by atomic mass is 9.86. The SMILES string of the molecule is CC1(C)C(C(N)C(F)(F)F)CCS1(=O)=O. The molecular weight excluding hydrogens is 231 g/mol. The van der Waals surface area contributed by atoms with Crippen LogP contribution in [0.1, 0.15) is 20.3 Å². The maximum Gasteiger partial charge on any atom is 0.403 e. The molecule has 1 aliphatic rings. The second kappa shape index (κ2) is 3.35. The van der Waals surface area contributed by atoms with Crippen molar-refractivity contribution in [2.75, 3.05) is 5.75 Å². The Balaban J connectivity index is 3.02. The molecule has 1 saturated heterocycles. The molecule has 2 atom stereocenters. The summed E-state index contributed by atoms with van der Waals surface area (Å²) in [6, 6.07) is -2.07. The molecule has 1 rings (SSSR count). The highest BCUT2D eigenvalue weighted by Crippen LogP contribution is 2.42. The zero-order chi connectivity index (χ0) is 12.1. The van der Waals surface area contributed by atoms with E-state index in [-0.39, 0.29) is 12.2 Å². The lowest BCUT2D eigenvalue weighted by Gasteiger charge is -2.31. The fourth-order valence-electron chi connectivity index (χ4n) is 1.96. The van der Waals surface area contributed by atoms with E-state index in [0.717, 1.165) is 0 Å². The van der Waals surface area contributed by atoms with Crippen LogP contribution in [0.3, 0.4) is 0 Å². The molecule has 7 heteroatoms. The van der Waals surface area contributed by atoms with Crippen LogP contribution < -0.4 is 5.73 Å². The predicted octanol–water partition coefficient (Wildman–Crippen LogP) is 1.09. The van der Waals surface area contributed by atoms with E-state index in [0.29, 0.717) is 0 Å². The number of sulfone groups is 1. The van der Waals surface area contributed by atoms with Crippen molar-refractivity contribution in [2.45, 2.75) is 37.2 Å². The zero-order valence-electron chi connectivity index (χ0n) is 8.50. The molecule has 0 aromatic carbocycles. The van der Waals surface area contributed by atoms with E-state index in [4.69, 9.17) is 5.73 Å². The van der Waals surface area contributed by atoms with Gasteiger partial charge in [-0.15, -0.1) is 0 Å². The Hall–Kier alpha value is -0.300.